The highest BCUT2D eigenvalue weighted by molar-refractivity contribution is 5.27. The number of benzene rings is 1. The van der Waals surface area contributed by atoms with Crippen molar-refractivity contribution in [2.45, 2.75) is 45.6 Å². The fourth-order valence-corrected chi connectivity index (χ4v) is 2.92. The molecule has 2 heteroatoms. The van der Waals surface area contributed by atoms with Crippen molar-refractivity contribution in [2.75, 3.05) is 0 Å². The Kier molecular flexibility index (Phi) is 3.82. The minimum absolute atomic E-state index is 0.218. The fraction of sp³-hybridized carbons (Fsp3) is 0.600. The second-order valence-electron chi connectivity index (χ2n) is 5.45. The van der Waals surface area contributed by atoms with E-state index in [2.05, 4.69) is 6.92 Å². The van der Waals surface area contributed by atoms with Crippen LogP contribution in [0.4, 0.5) is 4.39 Å². The molecular weight excluding hydrogens is 215 g/mol. The van der Waals surface area contributed by atoms with E-state index in [1.165, 1.54) is 6.42 Å². The second kappa shape index (κ2) is 5.18. The van der Waals surface area contributed by atoms with Gasteiger partial charge in [0.15, 0.2) is 0 Å². The highest BCUT2D eigenvalue weighted by atomic mass is 19.1. The zero-order valence-electron chi connectivity index (χ0n) is 10.6. The van der Waals surface area contributed by atoms with Gasteiger partial charge in [-0.3, -0.25) is 0 Å². The Morgan fingerprint density at radius 3 is 2.82 bits per heavy atom. The van der Waals surface area contributed by atoms with Crippen LogP contribution >= 0.6 is 0 Å². The molecule has 1 aromatic carbocycles. The van der Waals surface area contributed by atoms with Crippen molar-refractivity contribution in [3.8, 4) is 0 Å². The van der Waals surface area contributed by atoms with Crippen molar-refractivity contribution >= 4 is 0 Å². The summed E-state index contributed by atoms with van der Waals surface area (Å²) in [6, 6.07) is 5.28. The van der Waals surface area contributed by atoms with Gasteiger partial charge in [-0.15, -0.1) is 0 Å². The highest BCUT2D eigenvalue weighted by Gasteiger charge is 2.28. The molecule has 0 aliphatic heterocycles. The number of aliphatic hydroxyl groups is 1. The van der Waals surface area contributed by atoms with Gasteiger partial charge in [0.05, 0.1) is 6.10 Å². The van der Waals surface area contributed by atoms with Gasteiger partial charge in [0.25, 0.3) is 0 Å². The van der Waals surface area contributed by atoms with Crippen LogP contribution in [0.2, 0.25) is 0 Å². The number of rotatable bonds is 2. The molecule has 1 aliphatic carbocycles. The summed E-state index contributed by atoms with van der Waals surface area (Å²) in [6.07, 6.45) is 3.76. The first-order valence-electron chi connectivity index (χ1n) is 6.52. The van der Waals surface area contributed by atoms with Gasteiger partial charge < -0.3 is 5.11 Å². The fourth-order valence-electron chi connectivity index (χ4n) is 2.92. The smallest absolute Gasteiger partial charge is 0.131 e. The largest absolute Gasteiger partial charge is 0.388 e. The summed E-state index contributed by atoms with van der Waals surface area (Å²) in [7, 11) is 0. The predicted octanol–water partition coefficient (Wildman–Crippen LogP) is 3.99. The van der Waals surface area contributed by atoms with Crippen molar-refractivity contribution < 1.29 is 9.50 Å². The molecule has 1 aliphatic rings. The molecule has 17 heavy (non-hydrogen) atoms. The third-order valence-corrected chi connectivity index (χ3v) is 3.96. The molecule has 3 atom stereocenters. The van der Waals surface area contributed by atoms with Crippen molar-refractivity contribution in [3.63, 3.8) is 0 Å². The normalized spacial score (nSPS) is 26.8. The quantitative estimate of drug-likeness (QED) is 0.823. The lowest BCUT2D eigenvalue weighted by Crippen LogP contribution is -2.21. The monoisotopic (exact) mass is 236 g/mol. The average Bonchev–Trinajstić information content (AvgIpc) is 2.32. The van der Waals surface area contributed by atoms with E-state index in [0.29, 0.717) is 17.0 Å². The molecular formula is C15H21FO. The van der Waals surface area contributed by atoms with Crippen molar-refractivity contribution in [3.05, 3.63) is 35.1 Å². The summed E-state index contributed by atoms with van der Waals surface area (Å²) < 4.78 is 13.9. The highest BCUT2D eigenvalue weighted by Crippen LogP contribution is 2.37. The molecule has 0 spiro atoms. The molecule has 0 saturated heterocycles. The van der Waals surface area contributed by atoms with E-state index in [9.17, 15) is 9.50 Å². The maximum Gasteiger partial charge on any atom is 0.131 e. The van der Waals surface area contributed by atoms with Gasteiger partial charge in [-0.1, -0.05) is 38.0 Å². The molecule has 0 bridgehead atoms. The van der Waals surface area contributed by atoms with Crippen LogP contribution in [0, 0.1) is 24.6 Å². The molecule has 1 saturated carbocycles. The summed E-state index contributed by atoms with van der Waals surface area (Å²) in [5.41, 5.74) is 1.09. The number of hydrogen-bond acceptors (Lipinski definition) is 1. The summed E-state index contributed by atoms with van der Waals surface area (Å²) in [5, 5.41) is 10.3. The van der Waals surface area contributed by atoms with Crippen LogP contribution in [-0.2, 0) is 0 Å². The second-order valence-corrected chi connectivity index (χ2v) is 5.45. The molecule has 94 valence electrons. The van der Waals surface area contributed by atoms with Crippen LogP contribution in [0.15, 0.2) is 18.2 Å². The molecule has 3 unspecified atom stereocenters. The first-order valence-corrected chi connectivity index (χ1v) is 6.52. The lowest BCUT2D eigenvalue weighted by molar-refractivity contribution is 0.0684. The van der Waals surface area contributed by atoms with E-state index in [4.69, 9.17) is 0 Å². The maximum absolute atomic E-state index is 13.9. The van der Waals surface area contributed by atoms with Gasteiger partial charge in [-0.25, -0.2) is 4.39 Å². The lowest BCUT2D eigenvalue weighted by Gasteiger charge is -2.30. The number of hydrogen-bond donors (Lipinski definition) is 1. The van der Waals surface area contributed by atoms with E-state index in [-0.39, 0.29) is 11.7 Å². The zero-order chi connectivity index (χ0) is 12.4. The minimum Gasteiger partial charge on any atom is -0.388 e. The number of aryl methyl sites for hydroxylation is 1. The first kappa shape index (κ1) is 12.6. The van der Waals surface area contributed by atoms with Crippen molar-refractivity contribution in [2.24, 2.45) is 11.8 Å². The molecule has 0 aromatic heterocycles. The van der Waals surface area contributed by atoms with Crippen LogP contribution in [0.25, 0.3) is 0 Å². The van der Waals surface area contributed by atoms with Crippen LogP contribution in [0.5, 0.6) is 0 Å². The van der Waals surface area contributed by atoms with Gasteiger partial charge in [-0.05, 0) is 37.2 Å². The van der Waals surface area contributed by atoms with E-state index in [0.717, 1.165) is 19.3 Å². The van der Waals surface area contributed by atoms with Crippen LogP contribution in [0.1, 0.15) is 49.8 Å². The standard InChI is InChI=1S/C15H21FO/c1-10-5-3-7-12(9-10)15(17)13-8-4-6-11(2)14(13)16/h4,6,8,10,12,15,17H,3,5,7,9H2,1-2H3. The van der Waals surface area contributed by atoms with Gasteiger partial charge >= 0.3 is 0 Å². The minimum atomic E-state index is -0.641. The van der Waals surface area contributed by atoms with Crippen molar-refractivity contribution in [1.82, 2.24) is 0 Å². The molecule has 1 aromatic rings. The van der Waals surface area contributed by atoms with Crippen LogP contribution < -0.4 is 0 Å². The molecule has 2 rings (SSSR count). The predicted molar refractivity (Wildman–Crippen MR) is 67.2 cm³/mol. The average molecular weight is 236 g/mol. The third kappa shape index (κ3) is 2.68. The topological polar surface area (TPSA) is 20.2 Å². The molecule has 0 heterocycles. The zero-order valence-corrected chi connectivity index (χ0v) is 10.6. The maximum atomic E-state index is 13.9. The Bertz CT molecular complexity index is 389. The Morgan fingerprint density at radius 1 is 1.35 bits per heavy atom. The van der Waals surface area contributed by atoms with Crippen LogP contribution in [0.3, 0.4) is 0 Å². The van der Waals surface area contributed by atoms with Crippen molar-refractivity contribution in [1.29, 1.82) is 0 Å². The summed E-state index contributed by atoms with van der Waals surface area (Å²) in [4.78, 5) is 0. The van der Waals surface area contributed by atoms with E-state index in [1.807, 2.05) is 6.07 Å². The van der Waals surface area contributed by atoms with Gasteiger partial charge in [0.2, 0.25) is 0 Å². The first-order chi connectivity index (χ1) is 8.09. The van der Waals surface area contributed by atoms with Gasteiger partial charge in [-0.2, -0.15) is 0 Å². The van der Waals surface area contributed by atoms with E-state index >= 15 is 0 Å². The molecule has 0 amide bonds. The Hall–Kier alpha value is -0.890. The van der Waals surface area contributed by atoms with E-state index < -0.39 is 6.10 Å². The van der Waals surface area contributed by atoms with E-state index in [1.54, 1.807) is 19.1 Å². The van der Waals surface area contributed by atoms with Gasteiger partial charge in [0.1, 0.15) is 5.82 Å². The molecule has 1 N–H and O–H groups in total. The van der Waals surface area contributed by atoms with Gasteiger partial charge in [0, 0.05) is 5.56 Å². The Morgan fingerprint density at radius 2 is 2.12 bits per heavy atom. The number of aliphatic hydroxyl groups excluding tert-OH is 1. The summed E-state index contributed by atoms with van der Waals surface area (Å²) in [5.74, 6) is 0.629. The molecule has 1 nitrogen and oxygen atoms in total. The third-order valence-electron chi connectivity index (χ3n) is 3.96. The number of halogens is 1. The summed E-state index contributed by atoms with van der Waals surface area (Å²) >= 11 is 0. The summed E-state index contributed by atoms with van der Waals surface area (Å²) in [6.45, 7) is 3.96. The Labute approximate surface area is 103 Å². The molecule has 0 radical (unpaired) electrons. The van der Waals surface area contributed by atoms with Crippen LogP contribution in [-0.4, -0.2) is 5.11 Å². The lowest BCUT2D eigenvalue weighted by atomic mass is 9.77. The Balaban J connectivity index is 2.18. The SMILES string of the molecule is Cc1cccc(C(O)C2CCCC(C)C2)c1F. The molecule has 1 fully saturated rings.